The summed E-state index contributed by atoms with van der Waals surface area (Å²) in [6, 6.07) is 5.49. The second-order valence-electron chi connectivity index (χ2n) is 4.47. The van der Waals surface area contributed by atoms with E-state index >= 15 is 0 Å². The van der Waals surface area contributed by atoms with Gasteiger partial charge in [0, 0.05) is 18.2 Å². The molecule has 4 nitrogen and oxygen atoms in total. The molecule has 6 heteroatoms. The summed E-state index contributed by atoms with van der Waals surface area (Å²) in [5, 5.41) is 2.76. The Labute approximate surface area is 110 Å². The average Bonchev–Trinajstić information content (AvgIpc) is 2.34. The van der Waals surface area contributed by atoms with E-state index in [-0.39, 0.29) is 29.2 Å². The van der Waals surface area contributed by atoms with Gasteiger partial charge >= 0.3 is 6.61 Å². The van der Waals surface area contributed by atoms with E-state index < -0.39 is 6.61 Å². The summed E-state index contributed by atoms with van der Waals surface area (Å²) < 4.78 is 28.4. The maximum absolute atomic E-state index is 12.1. The Kier molecular flexibility index (Phi) is 5.69. The summed E-state index contributed by atoms with van der Waals surface area (Å²) in [6.45, 7) is 1.28. The molecule has 1 aromatic carbocycles. The Balaban J connectivity index is 2.76. The lowest BCUT2D eigenvalue weighted by Gasteiger charge is -2.20. The van der Waals surface area contributed by atoms with Gasteiger partial charge in [-0.05, 0) is 24.1 Å². The molecule has 3 N–H and O–H groups in total. The van der Waals surface area contributed by atoms with Gasteiger partial charge in [-0.3, -0.25) is 4.79 Å². The van der Waals surface area contributed by atoms with Crippen LogP contribution in [0.25, 0.3) is 0 Å². The molecule has 0 heterocycles. The van der Waals surface area contributed by atoms with Crippen molar-refractivity contribution < 1.29 is 18.3 Å². The Morgan fingerprint density at radius 2 is 2.11 bits per heavy atom. The SMILES string of the molecule is CC(C)C(CN)NC(=O)c1cccc(OC(F)F)c1. The Hall–Kier alpha value is -1.69. The summed E-state index contributed by atoms with van der Waals surface area (Å²) in [7, 11) is 0. The van der Waals surface area contributed by atoms with Crippen LogP contribution in [0.5, 0.6) is 5.75 Å². The molecule has 19 heavy (non-hydrogen) atoms. The molecule has 0 spiro atoms. The second-order valence-corrected chi connectivity index (χ2v) is 4.47. The standard InChI is InChI=1S/C13H18F2N2O2/c1-8(2)11(7-16)17-12(18)9-4-3-5-10(6-9)19-13(14)15/h3-6,8,11,13H,7,16H2,1-2H3,(H,17,18). The topological polar surface area (TPSA) is 64.3 Å². The number of halogens is 2. The van der Waals surface area contributed by atoms with Crippen LogP contribution < -0.4 is 15.8 Å². The van der Waals surface area contributed by atoms with Gasteiger partial charge in [0.05, 0.1) is 0 Å². The molecular formula is C13H18F2N2O2. The van der Waals surface area contributed by atoms with Crippen molar-refractivity contribution in [3.05, 3.63) is 29.8 Å². The molecule has 1 atom stereocenters. The van der Waals surface area contributed by atoms with Crippen molar-refractivity contribution >= 4 is 5.91 Å². The first-order valence-corrected chi connectivity index (χ1v) is 5.99. The fourth-order valence-corrected chi connectivity index (χ4v) is 1.56. The van der Waals surface area contributed by atoms with Crippen LogP contribution in [0.1, 0.15) is 24.2 Å². The molecule has 0 fully saturated rings. The number of hydrogen-bond donors (Lipinski definition) is 2. The highest BCUT2D eigenvalue weighted by atomic mass is 19.3. The molecule has 1 unspecified atom stereocenters. The number of carbonyl (C=O) groups excluding carboxylic acids is 1. The van der Waals surface area contributed by atoms with Crippen LogP contribution >= 0.6 is 0 Å². The van der Waals surface area contributed by atoms with Crippen LogP contribution in [0.15, 0.2) is 24.3 Å². The number of nitrogens with two attached hydrogens (primary N) is 1. The van der Waals surface area contributed by atoms with Gasteiger partial charge in [0.15, 0.2) is 0 Å². The first-order valence-electron chi connectivity index (χ1n) is 5.99. The fraction of sp³-hybridized carbons (Fsp3) is 0.462. The largest absolute Gasteiger partial charge is 0.435 e. The molecule has 0 aromatic heterocycles. The summed E-state index contributed by atoms with van der Waals surface area (Å²) in [5.74, 6) is -0.213. The molecule has 1 rings (SSSR count). The summed E-state index contributed by atoms with van der Waals surface area (Å²) >= 11 is 0. The van der Waals surface area contributed by atoms with Gasteiger partial charge < -0.3 is 15.8 Å². The van der Waals surface area contributed by atoms with E-state index in [0.29, 0.717) is 6.54 Å². The summed E-state index contributed by atoms with van der Waals surface area (Å²) in [6.07, 6.45) is 0. The van der Waals surface area contributed by atoms with Crippen molar-refractivity contribution in [1.29, 1.82) is 0 Å². The quantitative estimate of drug-likeness (QED) is 0.832. The third-order valence-corrected chi connectivity index (χ3v) is 2.70. The van der Waals surface area contributed by atoms with Crippen molar-refractivity contribution in [3.63, 3.8) is 0 Å². The third-order valence-electron chi connectivity index (χ3n) is 2.70. The number of benzene rings is 1. The van der Waals surface area contributed by atoms with Gasteiger partial charge in [0.2, 0.25) is 0 Å². The number of ether oxygens (including phenoxy) is 1. The second kappa shape index (κ2) is 7.04. The van der Waals surface area contributed by atoms with Crippen molar-refractivity contribution in [2.45, 2.75) is 26.5 Å². The van der Waals surface area contributed by atoms with Crippen LogP contribution in [0.2, 0.25) is 0 Å². The molecule has 0 radical (unpaired) electrons. The van der Waals surface area contributed by atoms with Gasteiger partial charge in [0.25, 0.3) is 5.91 Å². The molecular weight excluding hydrogens is 254 g/mol. The highest BCUT2D eigenvalue weighted by Crippen LogP contribution is 2.16. The van der Waals surface area contributed by atoms with Gasteiger partial charge in [-0.2, -0.15) is 8.78 Å². The molecule has 0 aliphatic rings. The fourth-order valence-electron chi connectivity index (χ4n) is 1.56. The Morgan fingerprint density at radius 3 is 2.63 bits per heavy atom. The highest BCUT2D eigenvalue weighted by Gasteiger charge is 2.16. The van der Waals surface area contributed by atoms with Gasteiger partial charge in [-0.1, -0.05) is 19.9 Å². The van der Waals surface area contributed by atoms with Crippen molar-refractivity contribution in [1.82, 2.24) is 5.32 Å². The summed E-state index contributed by atoms with van der Waals surface area (Å²) in [5.41, 5.74) is 5.82. The Bertz CT molecular complexity index is 425. The van der Waals surface area contributed by atoms with Crippen LogP contribution in [0, 0.1) is 5.92 Å². The zero-order valence-corrected chi connectivity index (χ0v) is 10.9. The first-order chi connectivity index (χ1) is 8.93. The highest BCUT2D eigenvalue weighted by molar-refractivity contribution is 5.94. The van der Waals surface area contributed by atoms with Gasteiger partial charge in [0.1, 0.15) is 5.75 Å². The zero-order valence-electron chi connectivity index (χ0n) is 10.9. The van der Waals surface area contributed by atoms with Crippen molar-refractivity contribution in [2.24, 2.45) is 11.7 Å². The first kappa shape index (κ1) is 15.4. The predicted octanol–water partition coefficient (Wildman–Crippen LogP) is 2.00. The normalized spacial score (nSPS) is 12.6. The number of carbonyl (C=O) groups is 1. The maximum atomic E-state index is 12.1. The number of nitrogens with one attached hydrogen (secondary N) is 1. The predicted molar refractivity (Wildman–Crippen MR) is 68.2 cm³/mol. The Morgan fingerprint density at radius 1 is 1.42 bits per heavy atom. The van der Waals surface area contributed by atoms with Crippen LogP contribution in [0.4, 0.5) is 8.78 Å². The molecule has 0 aliphatic heterocycles. The third kappa shape index (κ3) is 4.82. The smallest absolute Gasteiger partial charge is 0.387 e. The van der Waals surface area contributed by atoms with Crippen LogP contribution in [0.3, 0.4) is 0 Å². The van der Waals surface area contributed by atoms with E-state index in [2.05, 4.69) is 10.1 Å². The molecule has 0 saturated carbocycles. The van der Waals surface area contributed by atoms with Gasteiger partial charge in [-0.15, -0.1) is 0 Å². The van der Waals surface area contributed by atoms with Crippen molar-refractivity contribution in [3.8, 4) is 5.75 Å². The molecule has 0 saturated heterocycles. The van der Waals surface area contributed by atoms with E-state index in [4.69, 9.17) is 5.73 Å². The van der Waals surface area contributed by atoms with E-state index in [1.165, 1.54) is 24.3 Å². The lowest BCUT2D eigenvalue weighted by Crippen LogP contribution is -2.43. The maximum Gasteiger partial charge on any atom is 0.387 e. The lowest BCUT2D eigenvalue weighted by molar-refractivity contribution is -0.0498. The van der Waals surface area contributed by atoms with E-state index in [1.54, 1.807) is 0 Å². The number of rotatable bonds is 6. The van der Waals surface area contributed by atoms with Crippen LogP contribution in [-0.4, -0.2) is 25.1 Å². The lowest BCUT2D eigenvalue weighted by atomic mass is 10.0. The van der Waals surface area contributed by atoms with Crippen LogP contribution in [-0.2, 0) is 0 Å². The minimum Gasteiger partial charge on any atom is -0.435 e. The van der Waals surface area contributed by atoms with E-state index in [0.717, 1.165) is 0 Å². The van der Waals surface area contributed by atoms with Crippen molar-refractivity contribution in [2.75, 3.05) is 6.54 Å². The van der Waals surface area contributed by atoms with E-state index in [9.17, 15) is 13.6 Å². The molecule has 106 valence electrons. The minimum atomic E-state index is -2.91. The number of alkyl halides is 2. The zero-order chi connectivity index (χ0) is 14.4. The minimum absolute atomic E-state index is 0.0449. The number of hydrogen-bond acceptors (Lipinski definition) is 3. The monoisotopic (exact) mass is 272 g/mol. The molecule has 1 amide bonds. The molecule has 1 aromatic rings. The number of amides is 1. The molecule has 0 bridgehead atoms. The van der Waals surface area contributed by atoms with Gasteiger partial charge in [-0.25, -0.2) is 0 Å². The van der Waals surface area contributed by atoms with E-state index in [1.807, 2.05) is 13.8 Å². The summed E-state index contributed by atoms with van der Waals surface area (Å²) in [4.78, 5) is 11.9. The molecule has 0 aliphatic carbocycles. The average molecular weight is 272 g/mol.